The summed E-state index contributed by atoms with van der Waals surface area (Å²) >= 11 is -2.02. The Labute approximate surface area is 108 Å². The second kappa shape index (κ2) is 4.19. The summed E-state index contributed by atoms with van der Waals surface area (Å²) in [7, 11) is 1.91. The van der Waals surface area contributed by atoms with Gasteiger partial charge in [-0.25, -0.2) is 0 Å². The molecule has 2 heterocycles. The summed E-state index contributed by atoms with van der Waals surface area (Å²) in [5.74, 6) is 0.139. The van der Waals surface area contributed by atoms with Gasteiger partial charge in [0.2, 0.25) is 0 Å². The van der Waals surface area contributed by atoms with Crippen LogP contribution in [-0.2, 0) is 3.83 Å². The molecule has 4 nitrogen and oxygen atoms in total. The first-order chi connectivity index (χ1) is 8.66. The molecule has 0 amide bonds. The predicted molar refractivity (Wildman–Crippen MR) is 67.9 cm³/mol. The topological polar surface area (TPSA) is 50.5 Å². The average molecular weight is 308 g/mol. The molecule has 1 aliphatic rings. The summed E-state index contributed by atoms with van der Waals surface area (Å²) in [6.45, 7) is 0. The Morgan fingerprint density at radius 1 is 1.39 bits per heavy atom. The number of rotatable bonds is 2. The Bertz CT molecular complexity index is 634. The van der Waals surface area contributed by atoms with Gasteiger partial charge in [-0.3, -0.25) is 0 Å². The fourth-order valence-corrected chi connectivity index (χ4v) is 4.84. The first-order valence-corrected chi connectivity index (χ1v) is 8.25. The molecule has 2 aromatic rings. The Morgan fingerprint density at radius 2 is 2.22 bits per heavy atom. The number of anilines is 1. The van der Waals surface area contributed by atoms with E-state index in [4.69, 9.17) is 4.42 Å². The second-order valence-corrected chi connectivity index (χ2v) is 7.08. The molecule has 1 atom stereocenters. The van der Waals surface area contributed by atoms with Crippen molar-refractivity contribution in [3.63, 3.8) is 0 Å². The monoisotopic (exact) mass is 309 g/mol. The van der Waals surface area contributed by atoms with E-state index in [1.165, 1.54) is 6.26 Å². The molecule has 0 fully saturated rings. The van der Waals surface area contributed by atoms with E-state index in [0.717, 1.165) is 10.1 Å². The molecule has 1 unspecified atom stereocenters. The number of benzene rings is 1. The summed E-state index contributed by atoms with van der Waals surface area (Å²) < 4.78 is 17.9. The van der Waals surface area contributed by atoms with Crippen molar-refractivity contribution in [1.29, 1.82) is 0 Å². The van der Waals surface area contributed by atoms with E-state index in [2.05, 4.69) is 0 Å². The van der Waals surface area contributed by atoms with Gasteiger partial charge < -0.3 is 0 Å². The quantitative estimate of drug-likeness (QED) is 0.616. The third kappa shape index (κ3) is 1.72. The molecule has 0 saturated carbocycles. The summed E-state index contributed by atoms with van der Waals surface area (Å²) in [5, 5.41) is 0. The van der Waals surface area contributed by atoms with Gasteiger partial charge in [0.1, 0.15) is 0 Å². The SMILES string of the molecule is CN1C[Se](=O)c2cc(C(=O)c3ccco3)ccc21. The molecular formula is C13H11NO3Se. The molecular weight excluding hydrogens is 297 g/mol. The minimum absolute atomic E-state index is 0.170. The predicted octanol–water partition coefficient (Wildman–Crippen LogP) is 1.13. The van der Waals surface area contributed by atoms with Crippen molar-refractivity contribution in [2.75, 3.05) is 17.4 Å². The van der Waals surface area contributed by atoms with Crippen molar-refractivity contribution in [3.8, 4) is 0 Å². The van der Waals surface area contributed by atoms with Crippen molar-refractivity contribution in [2.24, 2.45) is 0 Å². The molecule has 0 spiro atoms. The summed E-state index contributed by atoms with van der Waals surface area (Å²) in [4.78, 5) is 14.1. The van der Waals surface area contributed by atoms with Gasteiger partial charge in [0, 0.05) is 0 Å². The molecule has 3 rings (SSSR count). The zero-order valence-corrected chi connectivity index (χ0v) is 11.5. The average Bonchev–Trinajstić information content (AvgIpc) is 2.98. The van der Waals surface area contributed by atoms with E-state index < -0.39 is 13.8 Å². The molecule has 18 heavy (non-hydrogen) atoms. The normalized spacial score (nSPS) is 17.8. The number of carbonyl (C=O) groups is 1. The van der Waals surface area contributed by atoms with Gasteiger partial charge in [0.05, 0.1) is 0 Å². The van der Waals surface area contributed by atoms with E-state index in [1.807, 2.05) is 18.0 Å². The van der Waals surface area contributed by atoms with Crippen LogP contribution in [0.3, 0.4) is 0 Å². The third-order valence-electron chi connectivity index (χ3n) is 2.93. The van der Waals surface area contributed by atoms with Gasteiger partial charge in [-0.2, -0.15) is 0 Å². The number of carbonyl (C=O) groups excluding carboxylic acids is 1. The Hall–Kier alpha value is -1.71. The van der Waals surface area contributed by atoms with E-state index in [1.54, 1.807) is 24.3 Å². The van der Waals surface area contributed by atoms with Crippen LogP contribution in [0, 0.1) is 0 Å². The van der Waals surface area contributed by atoms with Crippen LogP contribution in [0.4, 0.5) is 5.69 Å². The van der Waals surface area contributed by atoms with Crippen LogP contribution >= 0.6 is 0 Å². The molecule has 0 radical (unpaired) electrons. The van der Waals surface area contributed by atoms with Crippen molar-refractivity contribution in [2.45, 2.75) is 0 Å². The maximum atomic E-state index is 12.1. The number of fused-ring (bicyclic) bond motifs is 1. The second-order valence-electron chi connectivity index (χ2n) is 4.16. The molecule has 0 N–H and O–H groups in total. The fourth-order valence-electron chi connectivity index (χ4n) is 2.02. The number of furan rings is 1. The van der Waals surface area contributed by atoms with E-state index >= 15 is 0 Å². The van der Waals surface area contributed by atoms with Crippen LogP contribution in [0.25, 0.3) is 0 Å². The molecule has 1 aliphatic heterocycles. The van der Waals surface area contributed by atoms with Gasteiger partial charge in [-0.15, -0.1) is 0 Å². The van der Waals surface area contributed by atoms with Gasteiger partial charge in [0.15, 0.2) is 0 Å². The van der Waals surface area contributed by atoms with Crippen molar-refractivity contribution < 1.29 is 13.0 Å². The fraction of sp³-hybridized carbons (Fsp3) is 0.154. The molecule has 5 heteroatoms. The maximum absolute atomic E-state index is 12.1. The Morgan fingerprint density at radius 3 is 2.94 bits per heavy atom. The van der Waals surface area contributed by atoms with Crippen LogP contribution in [0.15, 0.2) is 41.0 Å². The van der Waals surface area contributed by atoms with Crippen molar-refractivity contribution in [3.05, 3.63) is 47.9 Å². The van der Waals surface area contributed by atoms with Gasteiger partial charge in [-0.05, 0) is 0 Å². The zero-order chi connectivity index (χ0) is 12.7. The zero-order valence-electron chi connectivity index (χ0n) is 9.75. The number of ketones is 1. The Kier molecular flexibility index (Phi) is 2.65. The standard InChI is InChI=1S/C13H11NO3Se/c1-14-8-18(16)12-7-9(4-5-10(12)14)13(15)11-3-2-6-17-11/h2-7H,8H2,1H3. The molecule has 1 aromatic heterocycles. The van der Waals surface area contributed by atoms with Crippen LogP contribution in [0.5, 0.6) is 0 Å². The van der Waals surface area contributed by atoms with E-state index in [9.17, 15) is 8.63 Å². The molecule has 92 valence electrons. The Balaban J connectivity index is 2.04. The van der Waals surface area contributed by atoms with E-state index in [0.29, 0.717) is 16.8 Å². The van der Waals surface area contributed by atoms with Gasteiger partial charge in [-0.1, -0.05) is 0 Å². The van der Waals surface area contributed by atoms with Crippen molar-refractivity contribution >= 4 is 29.8 Å². The summed E-state index contributed by atoms with van der Waals surface area (Å²) in [6, 6.07) is 8.66. The molecule has 0 saturated heterocycles. The van der Waals surface area contributed by atoms with Crippen LogP contribution in [-0.4, -0.2) is 32.1 Å². The summed E-state index contributed by atoms with van der Waals surface area (Å²) in [6.07, 6.45) is 1.47. The molecule has 0 aliphatic carbocycles. The van der Waals surface area contributed by atoms with Crippen molar-refractivity contribution in [1.82, 2.24) is 0 Å². The van der Waals surface area contributed by atoms with Crippen LogP contribution in [0.1, 0.15) is 16.1 Å². The summed E-state index contributed by atoms with van der Waals surface area (Å²) in [5.41, 5.74) is 2.07. The van der Waals surface area contributed by atoms with E-state index in [-0.39, 0.29) is 5.78 Å². The first kappa shape index (κ1) is 11.4. The number of hydrogen-bond acceptors (Lipinski definition) is 4. The van der Waals surface area contributed by atoms with Gasteiger partial charge in [0.25, 0.3) is 0 Å². The van der Waals surface area contributed by atoms with Crippen LogP contribution in [0.2, 0.25) is 0 Å². The third-order valence-corrected chi connectivity index (χ3v) is 5.95. The first-order valence-electron chi connectivity index (χ1n) is 5.48. The van der Waals surface area contributed by atoms with Crippen LogP contribution < -0.4 is 9.36 Å². The number of nitrogens with zero attached hydrogens (tertiary/aromatic N) is 1. The van der Waals surface area contributed by atoms with Gasteiger partial charge >= 0.3 is 108 Å². The minimum atomic E-state index is -2.02. The molecule has 1 aromatic carbocycles. The number of hydrogen-bond donors (Lipinski definition) is 0. The molecule has 0 bridgehead atoms.